The maximum atomic E-state index is 12.8. The highest BCUT2D eigenvalue weighted by atomic mass is 16.3. The van der Waals surface area contributed by atoms with E-state index >= 15 is 0 Å². The summed E-state index contributed by atoms with van der Waals surface area (Å²) in [7, 11) is 0. The van der Waals surface area contributed by atoms with Gasteiger partial charge in [0.1, 0.15) is 5.69 Å². The second kappa shape index (κ2) is 8.24. The summed E-state index contributed by atoms with van der Waals surface area (Å²) in [6.45, 7) is 3.09. The first kappa shape index (κ1) is 20.0. The Morgan fingerprint density at radius 2 is 1.60 bits per heavy atom. The molecular formula is C24H25N3O3. The van der Waals surface area contributed by atoms with E-state index in [0.717, 1.165) is 16.7 Å². The molecule has 0 aliphatic carbocycles. The van der Waals surface area contributed by atoms with E-state index in [4.69, 9.17) is 0 Å². The number of hydrogen-bond acceptors (Lipinski definition) is 4. The van der Waals surface area contributed by atoms with Crippen LogP contribution in [0.1, 0.15) is 35.8 Å². The molecule has 6 nitrogen and oxygen atoms in total. The van der Waals surface area contributed by atoms with Crippen molar-refractivity contribution in [3.63, 3.8) is 0 Å². The van der Waals surface area contributed by atoms with E-state index in [2.05, 4.69) is 17.2 Å². The number of hydrogen-bond donors (Lipinski definition) is 1. The van der Waals surface area contributed by atoms with Gasteiger partial charge >= 0.3 is 0 Å². The van der Waals surface area contributed by atoms with E-state index < -0.39 is 5.60 Å². The van der Waals surface area contributed by atoms with Gasteiger partial charge in [0.15, 0.2) is 0 Å². The molecule has 0 bridgehead atoms. The summed E-state index contributed by atoms with van der Waals surface area (Å²) in [5.74, 6) is -0.210. The summed E-state index contributed by atoms with van der Waals surface area (Å²) >= 11 is 0. The Balaban J connectivity index is 1.45. The van der Waals surface area contributed by atoms with Crippen LogP contribution in [0.3, 0.4) is 0 Å². The van der Waals surface area contributed by atoms with Gasteiger partial charge in [0.05, 0.1) is 5.60 Å². The Morgan fingerprint density at radius 3 is 2.23 bits per heavy atom. The molecule has 154 valence electrons. The third-order valence-corrected chi connectivity index (χ3v) is 5.79. The molecule has 0 unspecified atom stereocenters. The molecule has 2 heterocycles. The molecule has 30 heavy (non-hydrogen) atoms. The van der Waals surface area contributed by atoms with Gasteiger partial charge in [-0.25, -0.2) is 4.68 Å². The number of nitrogens with zero attached hydrogens (tertiary/aromatic N) is 3. The summed E-state index contributed by atoms with van der Waals surface area (Å²) < 4.78 is 1.28. The minimum Gasteiger partial charge on any atom is -0.385 e. The van der Waals surface area contributed by atoms with Crippen molar-refractivity contribution in [2.24, 2.45) is 0 Å². The van der Waals surface area contributed by atoms with Crippen molar-refractivity contribution in [3.05, 3.63) is 88.3 Å². The van der Waals surface area contributed by atoms with Gasteiger partial charge < -0.3 is 10.0 Å². The molecular weight excluding hydrogens is 378 g/mol. The van der Waals surface area contributed by atoms with Crippen LogP contribution in [0, 0.1) is 0 Å². The summed E-state index contributed by atoms with van der Waals surface area (Å²) in [6.07, 6.45) is 0.910. The fourth-order valence-electron chi connectivity index (χ4n) is 3.92. The molecule has 1 aromatic heterocycles. The molecule has 1 N–H and O–H groups in total. The largest absolute Gasteiger partial charge is 0.385 e. The summed E-state index contributed by atoms with van der Waals surface area (Å²) in [5.41, 5.74) is 2.19. The Bertz CT molecular complexity index is 1080. The smallest absolute Gasteiger partial charge is 0.274 e. The maximum absolute atomic E-state index is 12.8. The number of carbonyl (C=O) groups excluding carboxylic acids is 1. The number of aryl methyl sites for hydroxylation is 1. The van der Waals surface area contributed by atoms with E-state index in [9.17, 15) is 14.7 Å². The molecule has 1 aliphatic heterocycles. The molecule has 0 saturated carbocycles. The lowest BCUT2D eigenvalue weighted by molar-refractivity contribution is -0.0213. The Morgan fingerprint density at radius 1 is 0.967 bits per heavy atom. The van der Waals surface area contributed by atoms with Crippen molar-refractivity contribution in [2.45, 2.75) is 31.9 Å². The average molecular weight is 403 g/mol. The first-order valence-electron chi connectivity index (χ1n) is 10.3. The highest BCUT2D eigenvalue weighted by molar-refractivity contribution is 5.92. The number of carbonyl (C=O) groups is 1. The van der Waals surface area contributed by atoms with Gasteiger partial charge in [0, 0.05) is 25.7 Å². The van der Waals surface area contributed by atoms with Gasteiger partial charge in [-0.2, -0.15) is 5.10 Å². The van der Waals surface area contributed by atoms with E-state index in [-0.39, 0.29) is 17.2 Å². The number of likely N-dealkylation sites (tertiary alicyclic amines) is 1. The first-order chi connectivity index (χ1) is 14.5. The summed E-state index contributed by atoms with van der Waals surface area (Å²) in [5, 5.41) is 15.3. The van der Waals surface area contributed by atoms with Crippen molar-refractivity contribution >= 4 is 5.91 Å². The summed E-state index contributed by atoms with van der Waals surface area (Å²) in [6, 6.07) is 21.0. The zero-order valence-electron chi connectivity index (χ0n) is 17.0. The Hall–Kier alpha value is -3.25. The highest BCUT2D eigenvalue weighted by Crippen LogP contribution is 2.34. The lowest BCUT2D eigenvalue weighted by atomic mass is 9.83. The first-order valence-corrected chi connectivity index (χ1v) is 10.3. The van der Waals surface area contributed by atoms with Crippen molar-refractivity contribution in [1.29, 1.82) is 0 Å². The van der Waals surface area contributed by atoms with Crippen LogP contribution in [0.15, 0.2) is 71.5 Å². The number of aromatic nitrogens is 2. The van der Waals surface area contributed by atoms with Gasteiger partial charge in [-0.3, -0.25) is 9.59 Å². The predicted molar refractivity (Wildman–Crippen MR) is 115 cm³/mol. The molecule has 0 atom stereocenters. The van der Waals surface area contributed by atoms with Gasteiger partial charge in [0.2, 0.25) is 0 Å². The molecule has 0 radical (unpaired) electrons. The normalized spacial score (nSPS) is 15.7. The van der Waals surface area contributed by atoms with Gasteiger partial charge in [-0.15, -0.1) is 0 Å². The molecule has 3 aromatic rings. The predicted octanol–water partition coefficient (Wildman–Crippen LogP) is 3.05. The summed E-state index contributed by atoms with van der Waals surface area (Å²) in [4.78, 5) is 26.2. The number of amides is 1. The minimum atomic E-state index is -0.957. The van der Waals surface area contributed by atoms with Gasteiger partial charge in [-0.1, -0.05) is 54.6 Å². The quantitative estimate of drug-likeness (QED) is 0.727. The number of piperidine rings is 1. The van der Waals surface area contributed by atoms with Crippen molar-refractivity contribution in [3.8, 4) is 11.1 Å². The van der Waals surface area contributed by atoms with Crippen molar-refractivity contribution in [1.82, 2.24) is 14.7 Å². The second-order valence-corrected chi connectivity index (χ2v) is 7.64. The molecule has 1 saturated heterocycles. The van der Waals surface area contributed by atoms with Crippen molar-refractivity contribution in [2.75, 3.05) is 13.1 Å². The zero-order valence-corrected chi connectivity index (χ0v) is 17.0. The monoisotopic (exact) mass is 403 g/mol. The van der Waals surface area contributed by atoms with Crippen LogP contribution in [-0.4, -0.2) is 38.8 Å². The molecule has 1 amide bonds. The number of aliphatic hydroxyl groups is 1. The lowest BCUT2D eigenvalue weighted by Gasteiger charge is -2.38. The van der Waals surface area contributed by atoms with Crippen LogP contribution in [0.25, 0.3) is 11.1 Å². The maximum Gasteiger partial charge on any atom is 0.274 e. The van der Waals surface area contributed by atoms with E-state index in [1.54, 1.807) is 4.90 Å². The van der Waals surface area contributed by atoms with Crippen LogP contribution < -0.4 is 5.56 Å². The van der Waals surface area contributed by atoms with Crippen LogP contribution in [0.5, 0.6) is 0 Å². The van der Waals surface area contributed by atoms with Crippen molar-refractivity contribution < 1.29 is 9.90 Å². The zero-order chi connectivity index (χ0) is 21.1. The fourth-order valence-corrected chi connectivity index (χ4v) is 3.92. The van der Waals surface area contributed by atoms with Crippen LogP contribution in [0.4, 0.5) is 0 Å². The van der Waals surface area contributed by atoms with E-state index in [1.165, 1.54) is 16.8 Å². The number of rotatable bonds is 4. The molecule has 2 aromatic carbocycles. The van der Waals surface area contributed by atoms with Gasteiger partial charge in [0.25, 0.3) is 11.5 Å². The Labute approximate surface area is 175 Å². The lowest BCUT2D eigenvalue weighted by Crippen LogP contribution is -2.45. The van der Waals surface area contributed by atoms with E-state index in [0.29, 0.717) is 32.5 Å². The topological polar surface area (TPSA) is 75.4 Å². The molecule has 1 fully saturated rings. The highest BCUT2D eigenvalue weighted by Gasteiger charge is 2.36. The molecule has 0 spiro atoms. The average Bonchev–Trinajstić information content (AvgIpc) is 2.80. The third-order valence-electron chi connectivity index (χ3n) is 5.79. The van der Waals surface area contributed by atoms with Crippen LogP contribution in [-0.2, 0) is 12.1 Å². The molecule has 4 rings (SSSR count). The van der Waals surface area contributed by atoms with E-state index in [1.807, 2.05) is 49.4 Å². The SMILES string of the molecule is CCn1nc(C(=O)N2CCC(O)(c3ccc(-c4ccccc4)cc3)CC2)ccc1=O. The Kier molecular flexibility index (Phi) is 5.50. The van der Waals surface area contributed by atoms with Crippen LogP contribution >= 0.6 is 0 Å². The van der Waals surface area contributed by atoms with Crippen LogP contribution in [0.2, 0.25) is 0 Å². The molecule has 6 heteroatoms. The third kappa shape index (κ3) is 3.91. The molecule has 1 aliphatic rings. The second-order valence-electron chi connectivity index (χ2n) is 7.64. The standard InChI is InChI=1S/C24H25N3O3/c1-2-27-22(28)13-12-21(25-27)23(29)26-16-14-24(30,15-17-26)20-10-8-19(9-11-20)18-6-4-3-5-7-18/h3-13,30H,2,14-17H2,1H3. The number of benzene rings is 2. The fraction of sp³-hybridized carbons (Fsp3) is 0.292. The minimum absolute atomic E-state index is 0.210. The van der Waals surface area contributed by atoms with Gasteiger partial charge in [-0.05, 0) is 42.5 Å².